The highest BCUT2D eigenvalue weighted by Gasteiger charge is 2.67. The molecule has 1 aromatic carbocycles. The lowest BCUT2D eigenvalue weighted by Gasteiger charge is -2.66. The number of benzene rings is 1. The third-order valence-corrected chi connectivity index (χ3v) is 10.9. The van der Waals surface area contributed by atoms with Crippen LogP contribution in [0.5, 0.6) is 0 Å². The van der Waals surface area contributed by atoms with Gasteiger partial charge in [0.15, 0.2) is 0 Å². The van der Waals surface area contributed by atoms with Gasteiger partial charge in [-0.25, -0.2) is 0 Å². The van der Waals surface area contributed by atoms with E-state index in [1.54, 1.807) is 0 Å². The van der Waals surface area contributed by atoms with Crippen molar-refractivity contribution in [3.8, 4) is 0 Å². The van der Waals surface area contributed by atoms with Crippen LogP contribution in [0.1, 0.15) is 111 Å². The van der Waals surface area contributed by atoms with Gasteiger partial charge in [0, 0.05) is 22.9 Å². The van der Waals surface area contributed by atoms with Crippen LogP contribution in [0.2, 0.25) is 0 Å². The summed E-state index contributed by atoms with van der Waals surface area (Å²) in [6.07, 6.45) is 0.999. The van der Waals surface area contributed by atoms with Gasteiger partial charge in [-0.3, -0.25) is 0 Å². The van der Waals surface area contributed by atoms with Gasteiger partial charge in [-0.15, -0.1) is 0 Å². The molecule has 1 heteroatoms. The van der Waals surface area contributed by atoms with Crippen LogP contribution in [-0.4, -0.2) is 12.7 Å². The van der Waals surface area contributed by atoms with Gasteiger partial charge in [0.25, 0.3) is 0 Å². The molecule has 1 nitrogen and oxygen atoms in total. The standard InChI is InChI=1S/C36H50O/c1-16-37-32-34(13)19-21(4)29(20(2)3)25(8)36(34,15)26(9)31-23(6)30-22(5)28(33(10,11)12)18-17-27(30)24(7)35(31,32)14/h17-18,24,32H,2,6,8,16,19H2,1,3-5,7,9-15H3/t24-,32+,34+,35+,36-/m1/s1. The highest BCUT2D eigenvalue weighted by Crippen LogP contribution is 2.73. The summed E-state index contributed by atoms with van der Waals surface area (Å²) in [5.41, 5.74) is 13.9. The third-order valence-electron chi connectivity index (χ3n) is 10.9. The van der Waals surface area contributed by atoms with Crippen LogP contribution in [0.3, 0.4) is 0 Å². The van der Waals surface area contributed by atoms with Gasteiger partial charge in [0.05, 0.1) is 6.10 Å². The fourth-order valence-corrected chi connectivity index (χ4v) is 9.02. The molecule has 0 bridgehead atoms. The van der Waals surface area contributed by atoms with Crippen LogP contribution in [0, 0.1) is 23.2 Å². The summed E-state index contributed by atoms with van der Waals surface area (Å²) < 4.78 is 6.91. The molecule has 4 rings (SSSR count). The van der Waals surface area contributed by atoms with Crippen molar-refractivity contribution in [2.75, 3.05) is 6.61 Å². The van der Waals surface area contributed by atoms with Crippen LogP contribution in [0.4, 0.5) is 0 Å². The maximum absolute atomic E-state index is 6.91. The van der Waals surface area contributed by atoms with Crippen LogP contribution in [0.15, 0.2) is 65.3 Å². The van der Waals surface area contributed by atoms with E-state index in [2.05, 4.69) is 102 Å². The van der Waals surface area contributed by atoms with E-state index < -0.39 is 0 Å². The molecule has 0 saturated carbocycles. The smallest absolute Gasteiger partial charge is 0.0742 e. The molecule has 1 aromatic rings. The molecule has 5 atom stereocenters. The van der Waals surface area contributed by atoms with Crippen LogP contribution >= 0.6 is 0 Å². The van der Waals surface area contributed by atoms with E-state index in [1.165, 1.54) is 55.7 Å². The number of hydrogen-bond acceptors (Lipinski definition) is 1. The first-order chi connectivity index (χ1) is 16.9. The van der Waals surface area contributed by atoms with Gasteiger partial charge < -0.3 is 4.74 Å². The van der Waals surface area contributed by atoms with Crippen molar-refractivity contribution in [2.45, 2.75) is 107 Å². The zero-order chi connectivity index (χ0) is 28.0. The Kier molecular flexibility index (Phi) is 6.36. The fourth-order valence-electron chi connectivity index (χ4n) is 9.02. The minimum absolute atomic E-state index is 0.0228. The second kappa shape index (κ2) is 8.44. The van der Waals surface area contributed by atoms with E-state index in [-0.39, 0.29) is 27.8 Å². The third kappa shape index (κ3) is 3.32. The minimum Gasteiger partial charge on any atom is -0.377 e. The molecule has 0 heterocycles. The molecule has 0 radical (unpaired) electrons. The maximum atomic E-state index is 6.91. The second-order valence-electron chi connectivity index (χ2n) is 13.9. The Labute approximate surface area is 227 Å². The largest absolute Gasteiger partial charge is 0.377 e. The molecule has 3 aliphatic carbocycles. The van der Waals surface area contributed by atoms with E-state index in [1.807, 2.05) is 0 Å². The minimum atomic E-state index is -0.259. The summed E-state index contributed by atoms with van der Waals surface area (Å²) in [6.45, 7) is 42.6. The van der Waals surface area contributed by atoms with E-state index in [0.717, 1.165) is 12.0 Å². The molecule has 0 unspecified atom stereocenters. The van der Waals surface area contributed by atoms with Crippen LogP contribution in [-0.2, 0) is 10.2 Å². The summed E-state index contributed by atoms with van der Waals surface area (Å²) in [5, 5.41) is 0. The van der Waals surface area contributed by atoms with Gasteiger partial charge in [0.1, 0.15) is 0 Å². The van der Waals surface area contributed by atoms with Crippen molar-refractivity contribution in [1.82, 2.24) is 0 Å². The first-order valence-electron chi connectivity index (χ1n) is 14.1. The summed E-state index contributed by atoms with van der Waals surface area (Å²) in [6, 6.07) is 4.75. The highest BCUT2D eigenvalue weighted by atomic mass is 16.5. The normalized spacial score (nSPS) is 33.8. The van der Waals surface area contributed by atoms with Crippen molar-refractivity contribution in [3.05, 3.63) is 87.6 Å². The number of hydrogen-bond donors (Lipinski definition) is 0. The average Bonchev–Trinajstić information content (AvgIpc) is 2.77. The average molecular weight is 499 g/mol. The lowest BCUT2D eigenvalue weighted by Crippen LogP contribution is -2.63. The quantitative estimate of drug-likeness (QED) is 0.403. The lowest BCUT2D eigenvalue weighted by atomic mass is 9.39. The van der Waals surface area contributed by atoms with Crippen molar-refractivity contribution in [3.63, 3.8) is 0 Å². The number of ether oxygens (including phenoxy) is 1. The molecule has 0 aliphatic heterocycles. The Morgan fingerprint density at radius 2 is 1.68 bits per heavy atom. The first kappa shape index (κ1) is 27.9. The van der Waals surface area contributed by atoms with Gasteiger partial charge in [0.2, 0.25) is 0 Å². The summed E-state index contributed by atoms with van der Waals surface area (Å²) in [4.78, 5) is 0. The molecular formula is C36H50O. The first-order valence-corrected chi connectivity index (χ1v) is 14.1. The van der Waals surface area contributed by atoms with Gasteiger partial charge in [-0.2, -0.15) is 0 Å². The summed E-state index contributed by atoms with van der Waals surface area (Å²) in [5.74, 6) is 0.295. The van der Waals surface area contributed by atoms with Crippen LogP contribution < -0.4 is 0 Å². The molecule has 0 N–H and O–H groups in total. The Bertz CT molecular complexity index is 1290. The molecule has 200 valence electrons. The predicted octanol–water partition coefficient (Wildman–Crippen LogP) is 10.0. The zero-order valence-electron chi connectivity index (χ0n) is 25.8. The SMILES string of the molecule is C=C(C)C1=C(C)C[C@@]2(C)[C@H](OCC)[C@]3(C)C(=C(C)[C@@]2(C)C1=C)C(=C)c1c(ccc(C(C)(C)C)c1C)[C@H]3C. The Balaban J connectivity index is 2.13. The molecule has 0 fully saturated rings. The van der Waals surface area contributed by atoms with Crippen LogP contribution in [0.25, 0.3) is 5.57 Å². The number of fused-ring (bicyclic) bond motifs is 3. The summed E-state index contributed by atoms with van der Waals surface area (Å²) in [7, 11) is 0. The highest BCUT2D eigenvalue weighted by molar-refractivity contribution is 5.88. The van der Waals surface area contributed by atoms with Crippen molar-refractivity contribution >= 4 is 5.57 Å². The van der Waals surface area contributed by atoms with Crippen molar-refractivity contribution in [1.29, 1.82) is 0 Å². The molecule has 0 aromatic heterocycles. The topological polar surface area (TPSA) is 9.23 Å². The van der Waals surface area contributed by atoms with E-state index >= 15 is 0 Å². The summed E-state index contributed by atoms with van der Waals surface area (Å²) >= 11 is 0. The molecular weight excluding hydrogens is 448 g/mol. The van der Waals surface area contributed by atoms with E-state index in [9.17, 15) is 0 Å². The van der Waals surface area contributed by atoms with Crippen molar-refractivity contribution in [2.24, 2.45) is 16.2 Å². The molecule has 0 saturated heterocycles. The predicted molar refractivity (Wildman–Crippen MR) is 161 cm³/mol. The van der Waals surface area contributed by atoms with Gasteiger partial charge in [-0.1, -0.05) is 97.1 Å². The molecule has 37 heavy (non-hydrogen) atoms. The van der Waals surface area contributed by atoms with Gasteiger partial charge >= 0.3 is 0 Å². The monoisotopic (exact) mass is 498 g/mol. The van der Waals surface area contributed by atoms with E-state index in [4.69, 9.17) is 17.9 Å². The van der Waals surface area contributed by atoms with E-state index in [0.29, 0.717) is 12.5 Å². The second-order valence-corrected chi connectivity index (χ2v) is 13.9. The Morgan fingerprint density at radius 1 is 1.08 bits per heavy atom. The Morgan fingerprint density at radius 3 is 2.19 bits per heavy atom. The number of rotatable bonds is 3. The van der Waals surface area contributed by atoms with Gasteiger partial charge in [-0.05, 0) is 96.9 Å². The lowest BCUT2D eigenvalue weighted by molar-refractivity contribution is -0.142. The fraction of sp³-hybridized carbons (Fsp3) is 0.556. The zero-order valence-corrected chi connectivity index (χ0v) is 25.8. The maximum Gasteiger partial charge on any atom is 0.0742 e. The molecule has 0 spiro atoms. The number of allylic oxidation sites excluding steroid dienone is 6. The Hall–Kier alpha value is -2.12. The molecule has 0 amide bonds. The van der Waals surface area contributed by atoms with Crippen molar-refractivity contribution < 1.29 is 4.74 Å². The molecule has 3 aliphatic rings.